The average Bonchev–Trinajstić information content (AvgIpc) is 2.44. The molecule has 0 aliphatic heterocycles. The van der Waals surface area contributed by atoms with Crippen LogP contribution >= 0.6 is 15.9 Å². The Balaban J connectivity index is 2.03. The molecule has 0 atom stereocenters. The van der Waals surface area contributed by atoms with Crippen LogP contribution in [0.4, 0.5) is 4.39 Å². The van der Waals surface area contributed by atoms with Crippen LogP contribution in [0.3, 0.4) is 0 Å². The first-order valence-corrected chi connectivity index (χ1v) is 6.75. The molecule has 2 aromatic carbocycles. The van der Waals surface area contributed by atoms with E-state index in [4.69, 9.17) is 4.74 Å². The number of amides is 1. The Hall–Kier alpha value is -1.88. The SMILES string of the molecule is COc1ccc(C(=O)NCc2cccc(Br)c2)cc1F. The number of ether oxygens (including phenoxy) is 1. The van der Waals surface area contributed by atoms with Gasteiger partial charge in [0.2, 0.25) is 0 Å². The van der Waals surface area contributed by atoms with Gasteiger partial charge in [-0.25, -0.2) is 4.39 Å². The van der Waals surface area contributed by atoms with E-state index in [9.17, 15) is 9.18 Å². The van der Waals surface area contributed by atoms with Crippen LogP contribution in [0, 0.1) is 5.82 Å². The number of hydrogen-bond donors (Lipinski definition) is 1. The lowest BCUT2D eigenvalue weighted by Crippen LogP contribution is -2.22. The van der Waals surface area contributed by atoms with Crippen molar-refractivity contribution in [1.29, 1.82) is 0 Å². The molecule has 0 heterocycles. The summed E-state index contributed by atoms with van der Waals surface area (Å²) in [6.45, 7) is 0.381. The molecule has 0 fully saturated rings. The maximum absolute atomic E-state index is 13.5. The molecule has 0 radical (unpaired) electrons. The zero-order valence-corrected chi connectivity index (χ0v) is 12.4. The van der Waals surface area contributed by atoms with Gasteiger partial charge in [-0.3, -0.25) is 4.79 Å². The van der Waals surface area contributed by atoms with Gasteiger partial charge in [-0.1, -0.05) is 28.1 Å². The first kappa shape index (κ1) is 14.5. The molecular weight excluding hydrogens is 325 g/mol. The van der Waals surface area contributed by atoms with Gasteiger partial charge in [0.15, 0.2) is 11.6 Å². The Morgan fingerprint density at radius 2 is 2.10 bits per heavy atom. The molecule has 2 aromatic rings. The smallest absolute Gasteiger partial charge is 0.251 e. The van der Waals surface area contributed by atoms with E-state index in [0.29, 0.717) is 6.54 Å². The van der Waals surface area contributed by atoms with Gasteiger partial charge < -0.3 is 10.1 Å². The Kier molecular flexibility index (Phi) is 4.74. The quantitative estimate of drug-likeness (QED) is 0.926. The highest BCUT2D eigenvalue weighted by Gasteiger charge is 2.09. The summed E-state index contributed by atoms with van der Waals surface area (Å²) in [6.07, 6.45) is 0. The highest BCUT2D eigenvalue weighted by molar-refractivity contribution is 9.10. The minimum atomic E-state index is -0.553. The van der Waals surface area contributed by atoms with Crippen LogP contribution in [-0.4, -0.2) is 13.0 Å². The van der Waals surface area contributed by atoms with E-state index in [0.717, 1.165) is 16.1 Å². The molecule has 2 rings (SSSR count). The molecule has 0 saturated carbocycles. The summed E-state index contributed by atoms with van der Waals surface area (Å²) in [4.78, 5) is 11.9. The zero-order valence-electron chi connectivity index (χ0n) is 10.8. The highest BCUT2D eigenvalue weighted by Crippen LogP contribution is 2.17. The van der Waals surface area contributed by atoms with Crippen LogP contribution in [0.25, 0.3) is 0 Å². The van der Waals surface area contributed by atoms with Gasteiger partial charge in [0.05, 0.1) is 7.11 Å². The second kappa shape index (κ2) is 6.52. The van der Waals surface area contributed by atoms with E-state index in [1.165, 1.54) is 19.2 Å². The number of methoxy groups -OCH3 is 1. The Morgan fingerprint density at radius 3 is 2.75 bits per heavy atom. The molecule has 0 unspecified atom stereocenters. The van der Waals surface area contributed by atoms with Crippen LogP contribution in [0.1, 0.15) is 15.9 Å². The summed E-state index contributed by atoms with van der Waals surface area (Å²) in [6, 6.07) is 11.7. The number of rotatable bonds is 4. The van der Waals surface area contributed by atoms with Gasteiger partial charge in [0.25, 0.3) is 5.91 Å². The van der Waals surface area contributed by atoms with E-state index >= 15 is 0 Å². The molecule has 1 amide bonds. The highest BCUT2D eigenvalue weighted by atomic mass is 79.9. The summed E-state index contributed by atoms with van der Waals surface area (Å²) >= 11 is 3.36. The van der Waals surface area contributed by atoms with E-state index in [-0.39, 0.29) is 17.2 Å². The first-order chi connectivity index (χ1) is 9.60. The monoisotopic (exact) mass is 337 g/mol. The number of halogens is 2. The average molecular weight is 338 g/mol. The second-order valence-electron chi connectivity index (χ2n) is 4.16. The number of benzene rings is 2. The minimum Gasteiger partial charge on any atom is -0.494 e. The van der Waals surface area contributed by atoms with Crippen molar-refractivity contribution in [3.63, 3.8) is 0 Å². The molecular formula is C15H13BrFNO2. The fourth-order valence-corrected chi connectivity index (χ4v) is 2.19. The van der Waals surface area contributed by atoms with E-state index < -0.39 is 5.82 Å². The van der Waals surface area contributed by atoms with Gasteiger partial charge in [-0.15, -0.1) is 0 Å². The van der Waals surface area contributed by atoms with E-state index in [2.05, 4.69) is 21.2 Å². The third-order valence-corrected chi connectivity index (χ3v) is 3.25. The third kappa shape index (κ3) is 3.57. The molecule has 0 aliphatic carbocycles. The molecule has 0 spiro atoms. The summed E-state index contributed by atoms with van der Waals surface area (Å²) in [5.41, 5.74) is 1.22. The van der Waals surface area contributed by atoms with Crippen LogP contribution < -0.4 is 10.1 Å². The number of carbonyl (C=O) groups excluding carboxylic acids is 1. The maximum atomic E-state index is 13.5. The topological polar surface area (TPSA) is 38.3 Å². The maximum Gasteiger partial charge on any atom is 0.251 e. The van der Waals surface area contributed by atoms with Gasteiger partial charge in [0.1, 0.15) is 0 Å². The number of nitrogens with one attached hydrogen (secondary N) is 1. The van der Waals surface area contributed by atoms with Gasteiger partial charge >= 0.3 is 0 Å². The van der Waals surface area contributed by atoms with Crippen molar-refractivity contribution in [1.82, 2.24) is 5.32 Å². The summed E-state index contributed by atoms with van der Waals surface area (Å²) in [5.74, 6) is -0.761. The lowest BCUT2D eigenvalue weighted by molar-refractivity contribution is 0.0950. The fourth-order valence-electron chi connectivity index (χ4n) is 1.74. The van der Waals surface area contributed by atoms with Crippen molar-refractivity contribution >= 4 is 21.8 Å². The van der Waals surface area contributed by atoms with Crippen molar-refractivity contribution < 1.29 is 13.9 Å². The Labute approximate surface area is 124 Å². The van der Waals surface area contributed by atoms with Crippen molar-refractivity contribution in [2.45, 2.75) is 6.54 Å². The van der Waals surface area contributed by atoms with Crippen molar-refractivity contribution in [3.05, 3.63) is 63.9 Å². The molecule has 0 aromatic heterocycles. The predicted octanol–water partition coefficient (Wildman–Crippen LogP) is 3.53. The summed E-state index contributed by atoms with van der Waals surface area (Å²) in [5, 5.41) is 2.74. The largest absolute Gasteiger partial charge is 0.494 e. The summed E-state index contributed by atoms with van der Waals surface area (Å²) in [7, 11) is 1.38. The molecule has 0 saturated heterocycles. The number of carbonyl (C=O) groups is 1. The van der Waals surface area contributed by atoms with Crippen LogP contribution in [-0.2, 0) is 6.54 Å². The van der Waals surface area contributed by atoms with Crippen molar-refractivity contribution in [3.8, 4) is 5.75 Å². The molecule has 20 heavy (non-hydrogen) atoms. The third-order valence-electron chi connectivity index (χ3n) is 2.76. The molecule has 5 heteroatoms. The lowest BCUT2D eigenvalue weighted by atomic mass is 10.2. The van der Waals surface area contributed by atoms with E-state index in [1.54, 1.807) is 0 Å². The molecule has 0 aliphatic rings. The van der Waals surface area contributed by atoms with Gasteiger partial charge in [-0.05, 0) is 35.9 Å². The van der Waals surface area contributed by atoms with Crippen molar-refractivity contribution in [2.24, 2.45) is 0 Å². The first-order valence-electron chi connectivity index (χ1n) is 5.96. The van der Waals surface area contributed by atoms with Gasteiger partial charge in [-0.2, -0.15) is 0 Å². The lowest BCUT2D eigenvalue weighted by Gasteiger charge is -2.07. The van der Waals surface area contributed by atoms with Crippen molar-refractivity contribution in [2.75, 3.05) is 7.11 Å². The Morgan fingerprint density at radius 1 is 1.30 bits per heavy atom. The second-order valence-corrected chi connectivity index (χ2v) is 5.08. The molecule has 0 bridgehead atoms. The zero-order chi connectivity index (χ0) is 14.5. The standard InChI is InChI=1S/C15H13BrFNO2/c1-20-14-6-5-11(8-13(14)17)15(19)18-9-10-3-2-4-12(16)7-10/h2-8H,9H2,1H3,(H,18,19). The fraction of sp³-hybridized carbons (Fsp3) is 0.133. The molecule has 104 valence electrons. The van der Waals surface area contributed by atoms with Crippen LogP contribution in [0.15, 0.2) is 46.9 Å². The summed E-state index contributed by atoms with van der Waals surface area (Å²) < 4.78 is 19.3. The Bertz CT molecular complexity index is 631. The molecule has 3 nitrogen and oxygen atoms in total. The normalized spacial score (nSPS) is 10.2. The molecule has 1 N–H and O–H groups in total. The predicted molar refractivity (Wildman–Crippen MR) is 78.3 cm³/mol. The number of hydrogen-bond acceptors (Lipinski definition) is 2. The van der Waals surface area contributed by atoms with Gasteiger partial charge in [0, 0.05) is 16.6 Å². The minimum absolute atomic E-state index is 0.119. The van der Waals surface area contributed by atoms with E-state index in [1.807, 2.05) is 24.3 Å². The van der Waals surface area contributed by atoms with Crippen LogP contribution in [0.2, 0.25) is 0 Å². The van der Waals surface area contributed by atoms with Crippen LogP contribution in [0.5, 0.6) is 5.75 Å².